The summed E-state index contributed by atoms with van der Waals surface area (Å²) in [5.74, 6) is -0.571. The Morgan fingerprint density at radius 3 is 2.49 bits per heavy atom. The summed E-state index contributed by atoms with van der Waals surface area (Å²) in [5, 5.41) is 7.78. The SMILES string of the molecule is O=C(Nc1nc(-c2ccc3ccccc3c2)cs1)C1CC(=O)N(c2ccc(N3CCCC3)cc2)C1. The first-order chi connectivity index (χ1) is 17.1. The van der Waals surface area contributed by atoms with Crippen molar-refractivity contribution in [3.8, 4) is 11.3 Å². The van der Waals surface area contributed by atoms with E-state index in [0.717, 1.165) is 35.4 Å². The summed E-state index contributed by atoms with van der Waals surface area (Å²) in [6.07, 6.45) is 2.67. The Bertz CT molecular complexity index is 1390. The molecule has 35 heavy (non-hydrogen) atoms. The van der Waals surface area contributed by atoms with Crippen molar-refractivity contribution in [2.75, 3.05) is 34.8 Å². The molecule has 1 N–H and O–H groups in total. The van der Waals surface area contributed by atoms with Crippen LogP contribution in [0.3, 0.4) is 0 Å². The Morgan fingerprint density at radius 1 is 0.943 bits per heavy atom. The Hall–Kier alpha value is -3.71. The molecule has 3 heterocycles. The topological polar surface area (TPSA) is 65.5 Å². The lowest BCUT2D eigenvalue weighted by atomic mass is 10.1. The molecule has 6 rings (SSSR count). The van der Waals surface area contributed by atoms with Crippen molar-refractivity contribution in [1.29, 1.82) is 0 Å². The van der Waals surface area contributed by atoms with Crippen molar-refractivity contribution >= 4 is 50.4 Å². The zero-order chi connectivity index (χ0) is 23.8. The average Bonchev–Trinajstić information content (AvgIpc) is 3.65. The van der Waals surface area contributed by atoms with Crippen LogP contribution in [0.5, 0.6) is 0 Å². The highest BCUT2D eigenvalue weighted by atomic mass is 32.1. The van der Waals surface area contributed by atoms with E-state index >= 15 is 0 Å². The van der Waals surface area contributed by atoms with E-state index in [4.69, 9.17) is 0 Å². The normalized spacial score (nSPS) is 17.9. The molecule has 2 amide bonds. The maximum absolute atomic E-state index is 13.0. The smallest absolute Gasteiger partial charge is 0.231 e. The van der Waals surface area contributed by atoms with Crippen molar-refractivity contribution in [2.45, 2.75) is 19.3 Å². The summed E-state index contributed by atoms with van der Waals surface area (Å²) in [6, 6.07) is 22.6. The molecule has 2 fully saturated rings. The van der Waals surface area contributed by atoms with E-state index in [-0.39, 0.29) is 18.2 Å². The van der Waals surface area contributed by atoms with Gasteiger partial charge in [-0.3, -0.25) is 9.59 Å². The van der Waals surface area contributed by atoms with Crippen LogP contribution in [0.4, 0.5) is 16.5 Å². The minimum Gasteiger partial charge on any atom is -0.372 e. The fraction of sp³-hybridized carbons (Fsp3) is 0.250. The number of anilines is 3. The number of thiazole rings is 1. The average molecular weight is 483 g/mol. The molecule has 0 radical (unpaired) electrons. The van der Waals surface area contributed by atoms with E-state index < -0.39 is 5.92 Å². The van der Waals surface area contributed by atoms with Crippen molar-refractivity contribution in [1.82, 2.24) is 4.98 Å². The van der Waals surface area contributed by atoms with Gasteiger partial charge < -0.3 is 15.1 Å². The van der Waals surface area contributed by atoms with E-state index in [9.17, 15) is 9.59 Å². The van der Waals surface area contributed by atoms with Gasteiger partial charge in [-0.2, -0.15) is 0 Å². The molecule has 2 aliphatic rings. The minimum atomic E-state index is -0.395. The van der Waals surface area contributed by atoms with Gasteiger partial charge in [0.25, 0.3) is 0 Å². The molecule has 1 atom stereocenters. The van der Waals surface area contributed by atoms with Gasteiger partial charge in [-0.15, -0.1) is 11.3 Å². The summed E-state index contributed by atoms with van der Waals surface area (Å²) in [5.41, 5.74) is 3.89. The number of hydrogen-bond donors (Lipinski definition) is 1. The molecular formula is C28H26N4O2S. The molecule has 4 aromatic rings. The van der Waals surface area contributed by atoms with Gasteiger partial charge in [0.15, 0.2) is 5.13 Å². The van der Waals surface area contributed by atoms with E-state index in [2.05, 4.69) is 51.6 Å². The lowest BCUT2D eigenvalue weighted by Gasteiger charge is -2.20. The third kappa shape index (κ3) is 4.39. The number of carbonyl (C=O) groups excluding carboxylic acids is 2. The highest BCUT2D eigenvalue weighted by molar-refractivity contribution is 7.14. The van der Waals surface area contributed by atoms with Gasteiger partial charge in [0.2, 0.25) is 11.8 Å². The molecule has 1 unspecified atom stereocenters. The lowest BCUT2D eigenvalue weighted by molar-refractivity contribution is -0.122. The van der Waals surface area contributed by atoms with Crippen LogP contribution in [-0.2, 0) is 9.59 Å². The largest absolute Gasteiger partial charge is 0.372 e. The molecule has 3 aromatic carbocycles. The van der Waals surface area contributed by atoms with Gasteiger partial charge in [0, 0.05) is 48.4 Å². The number of carbonyl (C=O) groups is 2. The number of amides is 2. The van der Waals surface area contributed by atoms with Crippen LogP contribution < -0.4 is 15.1 Å². The van der Waals surface area contributed by atoms with Crippen molar-refractivity contribution in [2.24, 2.45) is 5.92 Å². The molecule has 176 valence electrons. The molecule has 6 nitrogen and oxygen atoms in total. The van der Waals surface area contributed by atoms with Gasteiger partial charge in [-0.25, -0.2) is 4.98 Å². The first-order valence-corrected chi connectivity index (χ1v) is 12.9. The molecule has 0 spiro atoms. The Morgan fingerprint density at radius 2 is 1.69 bits per heavy atom. The summed E-state index contributed by atoms with van der Waals surface area (Å²) in [4.78, 5) is 34.4. The quantitative estimate of drug-likeness (QED) is 0.405. The van der Waals surface area contributed by atoms with Crippen LogP contribution in [0.25, 0.3) is 22.0 Å². The predicted molar refractivity (Wildman–Crippen MR) is 142 cm³/mol. The van der Waals surface area contributed by atoms with Gasteiger partial charge in [0.1, 0.15) is 0 Å². The fourth-order valence-electron chi connectivity index (χ4n) is 4.97. The second-order valence-electron chi connectivity index (χ2n) is 9.21. The summed E-state index contributed by atoms with van der Waals surface area (Å²) >= 11 is 1.40. The minimum absolute atomic E-state index is 0.0185. The third-order valence-corrected chi connectivity index (χ3v) is 7.67. The standard InChI is InChI=1S/C28H26N4O2S/c33-26-16-22(17-32(26)24-11-9-23(10-12-24)31-13-3-4-14-31)27(34)30-28-29-25(18-35-28)21-8-7-19-5-1-2-6-20(19)15-21/h1-2,5-12,15,18,22H,3-4,13-14,16-17H2,(H,29,30,34). The molecule has 7 heteroatoms. The van der Waals surface area contributed by atoms with Gasteiger partial charge in [-0.1, -0.05) is 36.4 Å². The van der Waals surface area contributed by atoms with Crippen LogP contribution in [0, 0.1) is 5.92 Å². The van der Waals surface area contributed by atoms with E-state index in [1.165, 1.54) is 35.3 Å². The maximum atomic E-state index is 13.0. The van der Waals surface area contributed by atoms with Gasteiger partial charge in [0.05, 0.1) is 11.6 Å². The molecular weight excluding hydrogens is 456 g/mol. The fourth-order valence-corrected chi connectivity index (χ4v) is 5.69. The number of nitrogens with one attached hydrogen (secondary N) is 1. The van der Waals surface area contributed by atoms with Crippen molar-refractivity contribution in [3.63, 3.8) is 0 Å². The molecule has 1 aromatic heterocycles. The van der Waals surface area contributed by atoms with Gasteiger partial charge in [-0.05, 0) is 53.9 Å². The van der Waals surface area contributed by atoms with Crippen LogP contribution in [0.15, 0.2) is 72.1 Å². The molecule has 0 saturated carbocycles. The maximum Gasteiger partial charge on any atom is 0.231 e. The number of benzene rings is 3. The number of aromatic nitrogens is 1. The zero-order valence-corrected chi connectivity index (χ0v) is 20.1. The van der Waals surface area contributed by atoms with Gasteiger partial charge >= 0.3 is 0 Å². The number of nitrogens with zero attached hydrogens (tertiary/aromatic N) is 3. The molecule has 2 saturated heterocycles. The van der Waals surface area contributed by atoms with Crippen LogP contribution in [0.1, 0.15) is 19.3 Å². The highest BCUT2D eigenvalue weighted by Gasteiger charge is 2.35. The monoisotopic (exact) mass is 482 g/mol. The van der Waals surface area contributed by atoms with Crippen LogP contribution in [0.2, 0.25) is 0 Å². The summed E-state index contributed by atoms with van der Waals surface area (Å²) in [7, 11) is 0. The Balaban J connectivity index is 1.11. The summed E-state index contributed by atoms with van der Waals surface area (Å²) in [6.45, 7) is 2.56. The second kappa shape index (κ2) is 9.15. The van der Waals surface area contributed by atoms with Crippen molar-refractivity contribution < 1.29 is 9.59 Å². The van der Waals surface area contributed by atoms with Crippen LogP contribution >= 0.6 is 11.3 Å². The first kappa shape index (κ1) is 21.8. The number of fused-ring (bicyclic) bond motifs is 1. The van der Waals surface area contributed by atoms with Crippen LogP contribution in [-0.4, -0.2) is 36.4 Å². The third-order valence-electron chi connectivity index (χ3n) is 6.91. The second-order valence-corrected chi connectivity index (χ2v) is 10.1. The zero-order valence-electron chi connectivity index (χ0n) is 19.3. The highest BCUT2D eigenvalue weighted by Crippen LogP contribution is 2.31. The lowest BCUT2D eigenvalue weighted by Crippen LogP contribution is -2.28. The van der Waals surface area contributed by atoms with E-state index in [0.29, 0.717) is 11.7 Å². The van der Waals surface area contributed by atoms with E-state index in [1.807, 2.05) is 35.7 Å². The van der Waals surface area contributed by atoms with E-state index in [1.54, 1.807) is 4.90 Å². The molecule has 0 bridgehead atoms. The Kier molecular flexibility index (Phi) is 5.70. The molecule has 2 aliphatic heterocycles. The number of rotatable bonds is 5. The molecule has 0 aliphatic carbocycles. The Labute approximate surface area is 208 Å². The summed E-state index contributed by atoms with van der Waals surface area (Å²) < 4.78 is 0. The predicted octanol–water partition coefficient (Wildman–Crippen LogP) is 5.56. The number of hydrogen-bond acceptors (Lipinski definition) is 5. The van der Waals surface area contributed by atoms with Crippen molar-refractivity contribution in [3.05, 3.63) is 72.1 Å². The first-order valence-electron chi connectivity index (χ1n) is 12.0.